The van der Waals surface area contributed by atoms with Gasteiger partial charge >= 0.3 is 0 Å². The van der Waals surface area contributed by atoms with Crippen LogP contribution in [0.15, 0.2) is 42.5 Å². The SMILES string of the molecule is COc1cccc(C(O)CNC(=O)c2ccc(Cl)cc2F)c1. The number of hydrogen-bond acceptors (Lipinski definition) is 3. The molecule has 116 valence electrons. The summed E-state index contributed by atoms with van der Waals surface area (Å²) in [6.45, 7) is -0.0476. The molecule has 0 aliphatic carbocycles. The maximum Gasteiger partial charge on any atom is 0.254 e. The highest BCUT2D eigenvalue weighted by molar-refractivity contribution is 6.30. The average Bonchev–Trinajstić information content (AvgIpc) is 2.52. The molecule has 4 nitrogen and oxygen atoms in total. The van der Waals surface area contributed by atoms with E-state index in [1.807, 2.05) is 0 Å². The van der Waals surface area contributed by atoms with Crippen LogP contribution in [0.5, 0.6) is 5.75 Å². The Morgan fingerprint density at radius 1 is 1.36 bits per heavy atom. The molecule has 0 fully saturated rings. The Morgan fingerprint density at radius 3 is 2.82 bits per heavy atom. The molecule has 0 spiro atoms. The molecule has 0 saturated carbocycles. The van der Waals surface area contributed by atoms with Gasteiger partial charge in [-0.05, 0) is 35.9 Å². The van der Waals surface area contributed by atoms with E-state index < -0.39 is 17.8 Å². The predicted molar refractivity (Wildman–Crippen MR) is 81.7 cm³/mol. The number of aliphatic hydroxyl groups excluding tert-OH is 1. The molecule has 1 unspecified atom stereocenters. The van der Waals surface area contributed by atoms with Crippen molar-refractivity contribution >= 4 is 17.5 Å². The van der Waals surface area contributed by atoms with Gasteiger partial charge in [0.05, 0.1) is 18.8 Å². The van der Waals surface area contributed by atoms with E-state index in [-0.39, 0.29) is 17.1 Å². The van der Waals surface area contributed by atoms with Crippen LogP contribution in [0.2, 0.25) is 5.02 Å². The van der Waals surface area contributed by atoms with Gasteiger partial charge in [0.2, 0.25) is 0 Å². The van der Waals surface area contributed by atoms with Crippen molar-refractivity contribution < 1.29 is 19.0 Å². The Balaban J connectivity index is 2.00. The molecule has 0 aliphatic heterocycles. The van der Waals surface area contributed by atoms with E-state index >= 15 is 0 Å². The second-order valence-electron chi connectivity index (χ2n) is 4.63. The Hall–Kier alpha value is -2.11. The van der Waals surface area contributed by atoms with Gasteiger partial charge in [-0.2, -0.15) is 0 Å². The van der Waals surface area contributed by atoms with Crippen molar-refractivity contribution in [3.63, 3.8) is 0 Å². The van der Waals surface area contributed by atoms with Gasteiger partial charge in [-0.3, -0.25) is 4.79 Å². The summed E-state index contributed by atoms with van der Waals surface area (Å²) in [5.41, 5.74) is 0.471. The molecule has 22 heavy (non-hydrogen) atoms. The molecule has 1 amide bonds. The highest BCUT2D eigenvalue weighted by Crippen LogP contribution is 2.19. The second kappa shape index (κ2) is 7.24. The number of rotatable bonds is 5. The number of nitrogens with one attached hydrogen (secondary N) is 1. The third kappa shape index (κ3) is 3.96. The minimum absolute atomic E-state index is 0.0476. The van der Waals surface area contributed by atoms with Crippen molar-refractivity contribution in [1.82, 2.24) is 5.32 Å². The Bertz CT molecular complexity index is 678. The van der Waals surface area contributed by atoms with Gasteiger partial charge in [-0.25, -0.2) is 4.39 Å². The number of methoxy groups -OCH3 is 1. The molecule has 2 N–H and O–H groups in total. The quantitative estimate of drug-likeness (QED) is 0.889. The van der Waals surface area contributed by atoms with Gasteiger partial charge in [0, 0.05) is 11.6 Å². The largest absolute Gasteiger partial charge is 0.497 e. The Morgan fingerprint density at radius 2 is 2.14 bits per heavy atom. The van der Waals surface area contributed by atoms with Gasteiger partial charge in [0.15, 0.2) is 0 Å². The molecule has 2 aromatic rings. The normalized spacial score (nSPS) is 11.8. The minimum atomic E-state index is -0.922. The molecule has 2 rings (SSSR count). The number of halogens is 2. The van der Waals surface area contributed by atoms with E-state index in [1.165, 1.54) is 19.2 Å². The fraction of sp³-hybridized carbons (Fsp3) is 0.188. The lowest BCUT2D eigenvalue weighted by atomic mass is 10.1. The van der Waals surface area contributed by atoms with Crippen molar-refractivity contribution in [2.24, 2.45) is 0 Å². The molecule has 1 atom stereocenters. The first kappa shape index (κ1) is 16.3. The molecule has 0 aliphatic rings. The first-order valence-electron chi connectivity index (χ1n) is 6.56. The van der Waals surface area contributed by atoms with Crippen LogP contribution in [0.4, 0.5) is 4.39 Å². The van der Waals surface area contributed by atoms with Crippen LogP contribution < -0.4 is 10.1 Å². The smallest absolute Gasteiger partial charge is 0.254 e. The van der Waals surface area contributed by atoms with Crippen LogP contribution in [0.25, 0.3) is 0 Å². The first-order valence-corrected chi connectivity index (χ1v) is 6.94. The standard InChI is InChI=1S/C16H15ClFNO3/c1-22-12-4-2-3-10(7-12)15(20)9-19-16(21)13-6-5-11(17)8-14(13)18/h2-8,15,20H,9H2,1H3,(H,19,21). The van der Waals surface area contributed by atoms with E-state index in [0.29, 0.717) is 11.3 Å². The molecule has 0 radical (unpaired) electrons. The van der Waals surface area contributed by atoms with Gasteiger partial charge in [-0.1, -0.05) is 23.7 Å². The Labute approximate surface area is 132 Å². The zero-order valence-electron chi connectivity index (χ0n) is 11.8. The van der Waals surface area contributed by atoms with E-state index in [4.69, 9.17) is 16.3 Å². The minimum Gasteiger partial charge on any atom is -0.497 e. The van der Waals surface area contributed by atoms with Crippen molar-refractivity contribution in [3.05, 3.63) is 64.4 Å². The average molecular weight is 324 g/mol. The van der Waals surface area contributed by atoms with Crippen molar-refractivity contribution in [3.8, 4) is 5.75 Å². The number of amides is 1. The summed E-state index contributed by atoms with van der Waals surface area (Å²) in [5, 5.41) is 12.8. The zero-order chi connectivity index (χ0) is 16.1. The number of hydrogen-bond donors (Lipinski definition) is 2. The zero-order valence-corrected chi connectivity index (χ0v) is 12.6. The van der Waals surface area contributed by atoms with E-state index in [9.17, 15) is 14.3 Å². The number of carbonyl (C=O) groups excluding carboxylic acids is 1. The summed E-state index contributed by atoms with van der Waals surface area (Å²) in [6, 6.07) is 10.6. The number of ether oxygens (including phenoxy) is 1. The fourth-order valence-corrected chi connectivity index (χ4v) is 2.08. The van der Waals surface area contributed by atoms with E-state index in [2.05, 4.69) is 5.32 Å². The predicted octanol–water partition coefficient (Wildman–Crippen LogP) is 2.95. The maximum absolute atomic E-state index is 13.6. The third-order valence-corrected chi connectivity index (χ3v) is 3.35. The van der Waals surface area contributed by atoms with E-state index in [0.717, 1.165) is 6.07 Å². The van der Waals surface area contributed by atoms with Crippen LogP contribution in [-0.2, 0) is 0 Å². The summed E-state index contributed by atoms with van der Waals surface area (Å²) in [5.74, 6) is -0.719. The highest BCUT2D eigenvalue weighted by atomic mass is 35.5. The first-order chi connectivity index (χ1) is 10.5. The maximum atomic E-state index is 13.6. The molecule has 2 aromatic carbocycles. The van der Waals surface area contributed by atoms with Crippen molar-refractivity contribution in [1.29, 1.82) is 0 Å². The Kier molecular flexibility index (Phi) is 5.35. The van der Waals surface area contributed by atoms with Gasteiger partial charge in [-0.15, -0.1) is 0 Å². The number of carbonyl (C=O) groups is 1. The molecule has 0 saturated heterocycles. The van der Waals surface area contributed by atoms with Crippen LogP contribution in [-0.4, -0.2) is 24.7 Å². The van der Waals surface area contributed by atoms with Gasteiger partial charge in [0.1, 0.15) is 11.6 Å². The second-order valence-corrected chi connectivity index (χ2v) is 5.06. The van der Waals surface area contributed by atoms with Crippen LogP contribution >= 0.6 is 11.6 Å². The topological polar surface area (TPSA) is 58.6 Å². The molecule has 0 bridgehead atoms. The molecular formula is C16H15ClFNO3. The lowest BCUT2D eigenvalue weighted by Gasteiger charge is -2.13. The summed E-state index contributed by atoms with van der Waals surface area (Å²) in [4.78, 5) is 11.9. The molecule has 0 heterocycles. The monoisotopic (exact) mass is 323 g/mol. The third-order valence-electron chi connectivity index (χ3n) is 3.11. The van der Waals surface area contributed by atoms with Crippen molar-refractivity contribution in [2.45, 2.75) is 6.10 Å². The lowest BCUT2D eigenvalue weighted by Crippen LogP contribution is -2.29. The summed E-state index contributed by atoms with van der Waals surface area (Å²) in [6.07, 6.45) is -0.922. The van der Waals surface area contributed by atoms with Gasteiger partial charge in [0.25, 0.3) is 5.91 Å². The van der Waals surface area contributed by atoms with Crippen LogP contribution in [0.1, 0.15) is 22.0 Å². The van der Waals surface area contributed by atoms with Gasteiger partial charge < -0.3 is 15.2 Å². The summed E-state index contributed by atoms with van der Waals surface area (Å²) in [7, 11) is 1.52. The molecule has 6 heteroatoms. The van der Waals surface area contributed by atoms with Crippen LogP contribution in [0.3, 0.4) is 0 Å². The summed E-state index contributed by atoms with van der Waals surface area (Å²) < 4.78 is 18.7. The number of benzene rings is 2. The van der Waals surface area contributed by atoms with Crippen molar-refractivity contribution in [2.75, 3.05) is 13.7 Å². The van der Waals surface area contributed by atoms with Crippen LogP contribution in [0, 0.1) is 5.82 Å². The molecular weight excluding hydrogens is 309 g/mol. The fourth-order valence-electron chi connectivity index (χ4n) is 1.92. The molecule has 0 aromatic heterocycles. The lowest BCUT2D eigenvalue weighted by molar-refractivity contribution is 0.0912. The summed E-state index contributed by atoms with van der Waals surface area (Å²) >= 11 is 5.63. The highest BCUT2D eigenvalue weighted by Gasteiger charge is 2.14. The van der Waals surface area contributed by atoms with E-state index in [1.54, 1.807) is 24.3 Å². The number of aliphatic hydroxyl groups is 1.